The second-order valence-electron chi connectivity index (χ2n) is 9.60. The molecule has 3 heterocycles. The molecule has 0 bridgehead atoms. The number of nitrogens with zero attached hydrogens (tertiary/aromatic N) is 5. The number of hydrogen-bond acceptors (Lipinski definition) is 5. The van der Waals surface area contributed by atoms with E-state index < -0.39 is 0 Å². The number of hydrogen-bond donors (Lipinski definition) is 0. The van der Waals surface area contributed by atoms with Crippen LogP contribution in [-0.4, -0.2) is 66.5 Å². The molecule has 1 aromatic heterocycles. The van der Waals surface area contributed by atoms with Gasteiger partial charge in [0.25, 0.3) is 0 Å². The average molecular weight is 410 g/mol. The molecule has 2 saturated heterocycles. The molecule has 0 atom stereocenters. The van der Waals surface area contributed by atoms with Crippen molar-refractivity contribution in [2.24, 2.45) is 5.92 Å². The van der Waals surface area contributed by atoms with Crippen LogP contribution in [0.25, 0.3) is 0 Å². The fourth-order valence-electron chi connectivity index (χ4n) is 5.17. The first-order chi connectivity index (χ1) is 14.5. The summed E-state index contributed by atoms with van der Waals surface area (Å²) in [6.07, 6.45) is 5.42. The molecular weight excluding hydrogens is 374 g/mol. The molecule has 30 heavy (non-hydrogen) atoms. The van der Waals surface area contributed by atoms with Crippen LogP contribution in [0.5, 0.6) is 0 Å². The number of piperidine rings is 1. The summed E-state index contributed by atoms with van der Waals surface area (Å²) in [6.45, 7) is 12.3. The molecule has 0 unspecified atom stereocenters. The predicted octanol–water partition coefficient (Wildman–Crippen LogP) is 2.95. The van der Waals surface area contributed by atoms with E-state index in [9.17, 15) is 10.1 Å². The summed E-state index contributed by atoms with van der Waals surface area (Å²) in [6, 6.07) is 2.47. The zero-order chi connectivity index (χ0) is 21.3. The Morgan fingerprint density at radius 2 is 1.77 bits per heavy atom. The first-order valence-corrected chi connectivity index (χ1v) is 11.7. The van der Waals surface area contributed by atoms with E-state index in [4.69, 9.17) is 4.98 Å². The lowest BCUT2D eigenvalue weighted by Crippen LogP contribution is -2.51. The van der Waals surface area contributed by atoms with Gasteiger partial charge in [-0.1, -0.05) is 20.8 Å². The smallest absolute Gasteiger partial charge is 0.236 e. The molecule has 6 heteroatoms. The number of pyridine rings is 1. The molecule has 1 aliphatic carbocycles. The van der Waals surface area contributed by atoms with E-state index in [1.165, 1.54) is 16.8 Å². The molecular formula is C24H35N5O. The highest BCUT2D eigenvalue weighted by molar-refractivity contribution is 5.78. The monoisotopic (exact) mass is 409 g/mol. The third-order valence-corrected chi connectivity index (χ3v) is 7.10. The second kappa shape index (κ2) is 8.93. The molecule has 2 aliphatic heterocycles. The molecule has 1 aromatic rings. The van der Waals surface area contributed by atoms with Gasteiger partial charge in [-0.2, -0.15) is 5.26 Å². The lowest BCUT2D eigenvalue weighted by molar-refractivity contribution is -0.133. The fraction of sp³-hybridized carbons (Fsp3) is 0.708. The van der Waals surface area contributed by atoms with Gasteiger partial charge in [-0.05, 0) is 55.1 Å². The highest BCUT2D eigenvalue weighted by atomic mass is 16.2. The van der Waals surface area contributed by atoms with Gasteiger partial charge < -0.3 is 9.80 Å². The van der Waals surface area contributed by atoms with Crippen LogP contribution >= 0.6 is 0 Å². The minimum absolute atomic E-state index is 0.269. The van der Waals surface area contributed by atoms with E-state index in [2.05, 4.69) is 36.6 Å². The number of likely N-dealkylation sites (tertiary alicyclic amines) is 1. The van der Waals surface area contributed by atoms with Crippen LogP contribution < -0.4 is 4.90 Å². The molecule has 4 rings (SSSR count). The largest absolute Gasteiger partial charge is 0.353 e. The molecule has 0 spiro atoms. The number of carbonyl (C=O) groups is 1. The lowest BCUT2D eigenvalue weighted by Gasteiger charge is -2.37. The van der Waals surface area contributed by atoms with Crippen LogP contribution in [0.4, 0.5) is 5.82 Å². The minimum atomic E-state index is 0.269. The molecule has 1 amide bonds. The van der Waals surface area contributed by atoms with Crippen LogP contribution in [0, 0.1) is 17.2 Å². The molecule has 2 fully saturated rings. The summed E-state index contributed by atoms with van der Waals surface area (Å²) in [7, 11) is 0. The number of aromatic nitrogens is 1. The van der Waals surface area contributed by atoms with E-state index in [0.717, 1.165) is 88.7 Å². The summed E-state index contributed by atoms with van der Waals surface area (Å²) in [5.41, 5.74) is 4.53. The average Bonchev–Trinajstić information content (AvgIpc) is 3.23. The Morgan fingerprint density at radius 1 is 1.10 bits per heavy atom. The summed E-state index contributed by atoms with van der Waals surface area (Å²) in [4.78, 5) is 24.3. The number of nitriles is 1. The van der Waals surface area contributed by atoms with Gasteiger partial charge in [0.2, 0.25) is 5.91 Å². The van der Waals surface area contributed by atoms with E-state index in [1.54, 1.807) is 0 Å². The number of amides is 1. The topological polar surface area (TPSA) is 63.5 Å². The maximum atomic E-state index is 12.7. The van der Waals surface area contributed by atoms with Gasteiger partial charge in [-0.3, -0.25) is 9.69 Å². The van der Waals surface area contributed by atoms with Crippen LogP contribution in [0.3, 0.4) is 0 Å². The van der Waals surface area contributed by atoms with Crippen LogP contribution in [0.1, 0.15) is 68.3 Å². The summed E-state index contributed by atoms with van der Waals surface area (Å²) < 4.78 is 0. The Morgan fingerprint density at radius 3 is 2.40 bits per heavy atom. The SMILES string of the molecule is CC1CCN(C(=O)CN2CCN(c3nc(C(C)C)c4c(c3C#N)CCC4)CC2)CC1. The van der Waals surface area contributed by atoms with Crippen molar-refractivity contribution >= 4 is 11.7 Å². The van der Waals surface area contributed by atoms with Crippen LogP contribution in [-0.2, 0) is 17.6 Å². The van der Waals surface area contributed by atoms with Crippen molar-refractivity contribution in [3.05, 3.63) is 22.4 Å². The van der Waals surface area contributed by atoms with Crippen molar-refractivity contribution in [3.8, 4) is 6.07 Å². The number of piperazine rings is 1. The second-order valence-corrected chi connectivity index (χ2v) is 9.60. The number of fused-ring (bicyclic) bond motifs is 1. The normalized spacial score (nSPS) is 20.5. The first kappa shape index (κ1) is 21.1. The standard InChI is InChI=1S/C24H35N5O/c1-17(2)23-20-6-4-5-19(20)21(15-25)24(26-23)29-13-11-27(12-14-29)16-22(30)28-9-7-18(3)8-10-28/h17-18H,4-14,16H2,1-3H3. The number of anilines is 1. The lowest BCUT2D eigenvalue weighted by atomic mass is 9.97. The summed E-state index contributed by atoms with van der Waals surface area (Å²) in [5, 5.41) is 9.90. The van der Waals surface area contributed by atoms with Gasteiger partial charge in [-0.15, -0.1) is 0 Å². The maximum Gasteiger partial charge on any atom is 0.236 e. The van der Waals surface area contributed by atoms with Crippen LogP contribution in [0.15, 0.2) is 0 Å². The van der Waals surface area contributed by atoms with E-state index in [0.29, 0.717) is 12.5 Å². The summed E-state index contributed by atoms with van der Waals surface area (Å²) in [5.74, 6) is 2.25. The zero-order valence-electron chi connectivity index (χ0n) is 18.8. The first-order valence-electron chi connectivity index (χ1n) is 11.7. The van der Waals surface area contributed by atoms with Crippen molar-refractivity contribution in [1.82, 2.24) is 14.8 Å². The fourth-order valence-corrected chi connectivity index (χ4v) is 5.17. The Balaban J connectivity index is 1.42. The molecule has 0 saturated carbocycles. The Labute approximate surface area is 180 Å². The maximum absolute atomic E-state index is 12.7. The molecule has 0 aromatic carbocycles. The van der Waals surface area contributed by atoms with Gasteiger partial charge >= 0.3 is 0 Å². The molecule has 0 N–H and O–H groups in total. The molecule has 6 nitrogen and oxygen atoms in total. The van der Waals surface area contributed by atoms with Gasteiger partial charge in [0.15, 0.2) is 0 Å². The highest BCUT2D eigenvalue weighted by Crippen LogP contribution is 2.35. The van der Waals surface area contributed by atoms with Gasteiger partial charge in [0, 0.05) is 45.0 Å². The summed E-state index contributed by atoms with van der Waals surface area (Å²) >= 11 is 0. The number of rotatable bonds is 4. The molecule has 0 radical (unpaired) electrons. The Bertz CT molecular complexity index is 827. The predicted molar refractivity (Wildman–Crippen MR) is 119 cm³/mol. The van der Waals surface area contributed by atoms with Crippen molar-refractivity contribution in [1.29, 1.82) is 5.26 Å². The molecule has 3 aliphatic rings. The molecule has 162 valence electrons. The van der Waals surface area contributed by atoms with E-state index in [1.807, 2.05) is 4.90 Å². The van der Waals surface area contributed by atoms with Crippen LogP contribution in [0.2, 0.25) is 0 Å². The third kappa shape index (κ3) is 4.18. The van der Waals surface area contributed by atoms with Crippen molar-refractivity contribution < 1.29 is 4.79 Å². The Kier molecular flexibility index (Phi) is 6.29. The van der Waals surface area contributed by atoms with E-state index in [-0.39, 0.29) is 5.91 Å². The Hall–Kier alpha value is -2.13. The van der Waals surface area contributed by atoms with Crippen molar-refractivity contribution in [2.75, 3.05) is 50.7 Å². The van der Waals surface area contributed by atoms with E-state index >= 15 is 0 Å². The quantitative estimate of drug-likeness (QED) is 0.765. The number of carbonyl (C=O) groups excluding carboxylic acids is 1. The van der Waals surface area contributed by atoms with Crippen molar-refractivity contribution in [2.45, 2.75) is 58.8 Å². The third-order valence-electron chi connectivity index (χ3n) is 7.10. The van der Waals surface area contributed by atoms with Gasteiger partial charge in [-0.25, -0.2) is 4.98 Å². The zero-order valence-corrected chi connectivity index (χ0v) is 18.8. The van der Waals surface area contributed by atoms with Gasteiger partial charge in [0.05, 0.1) is 12.1 Å². The highest BCUT2D eigenvalue weighted by Gasteiger charge is 2.29. The van der Waals surface area contributed by atoms with Crippen molar-refractivity contribution in [3.63, 3.8) is 0 Å². The van der Waals surface area contributed by atoms with Gasteiger partial charge in [0.1, 0.15) is 11.9 Å². The minimum Gasteiger partial charge on any atom is -0.353 e.